The third kappa shape index (κ3) is 2.52. The van der Waals surface area contributed by atoms with Gasteiger partial charge in [-0.25, -0.2) is 0 Å². The van der Waals surface area contributed by atoms with E-state index in [4.69, 9.17) is 0 Å². The Morgan fingerprint density at radius 2 is 2.15 bits per heavy atom. The predicted molar refractivity (Wildman–Crippen MR) is 81.5 cm³/mol. The molecule has 1 heterocycles. The fraction of sp³-hybridized carbons (Fsp3) is 0.312. The SMILES string of the molecule is CC1Cc2nnc(-c3cccc(Br)c3)cc2C(C=O)C1. The van der Waals surface area contributed by atoms with Gasteiger partial charge in [0.1, 0.15) is 6.29 Å². The van der Waals surface area contributed by atoms with Crippen molar-refractivity contribution in [3.8, 4) is 11.3 Å². The lowest BCUT2D eigenvalue weighted by atomic mass is 9.80. The van der Waals surface area contributed by atoms with E-state index in [2.05, 4.69) is 33.1 Å². The van der Waals surface area contributed by atoms with Gasteiger partial charge in [0.2, 0.25) is 0 Å². The minimum absolute atomic E-state index is 0.0462. The van der Waals surface area contributed by atoms with Crippen LogP contribution < -0.4 is 0 Å². The third-order valence-corrected chi connectivity index (χ3v) is 4.28. The maximum Gasteiger partial charge on any atom is 0.127 e. The Hall–Kier alpha value is -1.55. The van der Waals surface area contributed by atoms with Crippen molar-refractivity contribution in [3.05, 3.63) is 46.1 Å². The van der Waals surface area contributed by atoms with Crippen LogP contribution in [0.2, 0.25) is 0 Å². The first-order valence-electron chi connectivity index (χ1n) is 6.75. The van der Waals surface area contributed by atoms with Crippen LogP contribution in [0.15, 0.2) is 34.8 Å². The summed E-state index contributed by atoms with van der Waals surface area (Å²) in [5.74, 6) is 0.443. The smallest absolute Gasteiger partial charge is 0.127 e. The number of hydrogen-bond acceptors (Lipinski definition) is 3. The molecule has 3 nitrogen and oxygen atoms in total. The molecule has 0 spiro atoms. The highest BCUT2D eigenvalue weighted by Gasteiger charge is 2.26. The molecule has 0 N–H and O–H groups in total. The number of rotatable bonds is 2. The average Bonchev–Trinajstić information content (AvgIpc) is 2.46. The van der Waals surface area contributed by atoms with Gasteiger partial charge in [0, 0.05) is 16.0 Å². The van der Waals surface area contributed by atoms with E-state index < -0.39 is 0 Å². The molecule has 0 radical (unpaired) electrons. The van der Waals surface area contributed by atoms with Gasteiger partial charge in [-0.05, 0) is 42.5 Å². The molecule has 1 aliphatic rings. The Morgan fingerprint density at radius 3 is 2.90 bits per heavy atom. The third-order valence-electron chi connectivity index (χ3n) is 3.79. The van der Waals surface area contributed by atoms with Gasteiger partial charge in [-0.1, -0.05) is 35.0 Å². The van der Waals surface area contributed by atoms with Crippen molar-refractivity contribution in [2.45, 2.75) is 25.7 Å². The van der Waals surface area contributed by atoms with E-state index >= 15 is 0 Å². The lowest BCUT2D eigenvalue weighted by Crippen LogP contribution is -2.19. The normalized spacial score (nSPS) is 21.3. The van der Waals surface area contributed by atoms with Crippen LogP contribution in [-0.2, 0) is 11.2 Å². The quantitative estimate of drug-likeness (QED) is 0.787. The molecule has 0 saturated heterocycles. The lowest BCUT2D eigenvalue weighted by Gasteiger charge is -2.25. The molecule has 2 aromatic rings. The zero-order chi connectivity index (χ0) is 14.1. The maximum absolute atomic E-state index is 11.3. The predicted octanol–water partition coefficient (Wildman–Crippen LogP) is 3.77. The fourth-order valence-corrected chi connectivity index (χ4v) is 3.20. The van der Waals surface area contributed by atoms with Crippen molar-refractivity contribution in [1.29, 1.82) is 0 Å². The largest absolute Gasteiger partial charge is 0.303 e. The van der Waals surface area contributed by atoms with Crippen LogP contribution in [-0.4, -0.2) is 16.5 Å². The second kappa shape index (κ2) is 5.44. The van der Waals surface area contributed by atoms with Crippen molar-refractivity contribution in [3.63, 3.8) is 0 Å². The average molecular weight is 331 g/mol. The van der Waals surface area contributed by atoms with Crippen LogP contribution in [0.1, 0.15) is 30.5 Å². The number of carbonyl (C=O) groups excluding carboxylic acids is 1. The molecule has 2 atom stereocenters. The highest BCUT2D eigenvalue weighted by Crippen LogP contribution is 2.34. The molecule has 1 aliphatic carbocycles. The van der Waals surface area contributed by atoms with E-state index in [1.165, 1.54) is 0 Å². The zero-order valence-corrected chi connectivity index (χ0v) is 12.8. The second-order valence-corrected chi connectivity index (χ2v) is 6.35. The van der Waals surface area contributed by atoms with Crippen molar-refractivity contribution < 1.29 is 4.79 Å². The first-order valence-corrected chi connectivity index (χ1v) is 7.54. The molecular formula is C16H15BrN2O. The van der Waals surface area contributed by atoms with Crippen LogP contribution in [0.5, 0.6) is 0 Å². The van der Waals surface area contributed by atoms with E-state index in [1.54, 1.807) is 0 Å². The monoisotopic (exact) mass is 330 g/mol. The Morgan fingerprint density at radius 1 is 1.30 bits per heavy atom. The van der Waals surface area contributed by atoms with Crippen LogP contribution in [0.3, 0.4) is 0 Å². The summed E-state index contributed by atoms with van der Waals surface area (Å²) in [5.41, 5.74) is 3.85. The Labute approximate surface area is 126 Å². The summed E-state index contributed by atoms with van der Waals surface area (Å²) < 4.78 is 1.01. The molecule has 102 valence electrons. The van der Waals surface area contributed by atoms with Gasteiger partial charge in [-0.3, -0.25) is 0 Å². The van der Waals surface area contributed by atoms with Crippen LogP contribution in [0.25, 0.3) is 11.3 Å². The standard InChI is InChI=1S/C16H15BrN2O/c1-10-5-12(9-20)14-8-15(18-19-16(14)6-10)11-3-2-4-13(17)7-11/h2-4,7-10,12H,5-6H2,1H3. The van der Waals surface area contributed by atoms with Gasteiger partial charge in [-0.2, -0.15) is 10.2 Å². The molecule has 2 unspecified atom stereocenters. The van der Waals surface area contributed by atoms with Crippen molar-refractivity contribution in [2.24, 2.45) is 5.92 Å². The summed E-state index contributed by atoms with van der Waals surface area (Å²) in [4.78, 5) is 11.3. The van der Waals surface area contributed by atoms with Gasteiger partial charge in [0.15, 0.2) is 0 Å². The molecule has 0 amide bonds. The van der Waals surface area contributed by atoms with Crippen molar-refractivity contribution >= 4 is 22.2 Å². The van der Waals surface area contributed by atoms with E-state index in [9.17, 15) is 4.79 Å². The number of halogens is 1. The Balaban J connectivity index is 2.06. The van der Waals surface area contributed by atoms with Gasteiger partial charge < -0.3 is 4.79 Å². The number of benzene rings is 1. The first-order chi connectivity index (χ1) is 9.67. The highest BCUT2D eigenvalue weighted by atomic mass is 79.9. The van der Waals surface area contributed by atoms with Crippen molar-refractivity contribution in [1.82, 2.24) is 10.2 Å². The molecule has 1 aromatic carbocycles. The molecule has 4 heteroatoms. The number of aldehydes is 1. The van der Waals surface area contributed by atoms with Gasteiger partial charge >= 0.3 is 0 Å². The molecule has 0 saturated carbocycles. The maximum atomic E-state index is 11.3. The van der Waals surface area contributed by atoms with Gasteiger partial charge in [0.05, 0.1) is 11.4 Å². The van der Waals surface area contributed by atoms with E-state index in [-0.39, 0.29) is 5.92 Å². The molecule has 0 bridgehead atoms. The van der Waals surface area contributed by atoms with E-state index in [1.807, 2.05) is 30.3 Å². The summed E-state index contributed by atoms with van der Waals surface area (Å²) in [7, 11) is 0. The molecule has 1 aromatic heterocycles. The van der Waals surface area contributed by atoms with Crippen LogP contribution >= 0.6 is 15.9 Å². The van der Waals surface area contributed by atoms with Gasteiger partial charge in [0.25, 0.3) is 0 Å². The first kappa shape index (κ1) is 13.4. The summed E-state index contributed by atoms with van der Waals surface area (Å²) in [6.45, 7) is 2.16. The highest BCUT2D eigenvalue weighted by molar-refractivity contribution is 9.10. The molecule has 20 heavy (non-hydrogen) atoms. The molecule has 0 aliphatic heterocycles. The number of fused-ring (bicyclic) bond motifs is 1. The van der Waals surface area contributed by atoms with E-state index in [0.29, 0.717) is 5.92 Å². The molecular weight excluding hydrogens is 316 g/mol. The summed E-state index contributed by atoms with van der Waals surface area (Å²) in [5, 5.41) is 8.67. The van der Waals surface area contributed by atoms with Gasteiger partial charge in [-0.15, -0.1) is 0 Å². The topological polar surface area (TPSA) is 42.9 Å². The van der Waals surface area contributed by atoms with Crippen LogP contribution in [0.4, 0.5) is 0 Å². The second-order valence-electron chi connectivity index (χ2n) is 5.43. The van der Waals surface area contributed by atoms with Crippen molar-refractivity contribution in [2.75, 3.05) is 0 Å². The zero-order valence-electron chi connectivity index (χ0n) is 11.2. The summed E-state index contributed by atoms with van der Waals surface area (Å²) in [6.07, 6.45) is 2.85. The summed E-state index contributed by atoms with van der Waals surface area (Å²) in [6, 6.07) is 9.99. The Bertz CT molecular complexity index is 657. The van der Waals surface area contributed by atoms with Crippen LogP contribution in [0, 0.1) is 5.92 Å². The van der Waals surface area contributed by atoms with E-state index in [0.717, 1.165) is 46.1 Å². The number of aromatic nitrogens is 2. The minimum atomic E-state index is -0.0462. The number of carbonyl (C=O) groups is 1. The fourth-order valence-electron chi connectivity index (χ4n) is 2.80. The minimum Gasteiger partial charge on any atom is -0.303 e. The summed E-state index contributed by atoms with van der Waals surface area (Å²) >= 11 is 3.46. The Kier molecular flexibility index (Phi) is 3.66. The molecule has 3 rings (SSSR count). The lowest BCUT2D eigenvalue weighted by molar-refractivity contribution is -0.109. The molecule has 0 fully saturated rings. The number of nitrogens with zero attached hydrogens (tertiary/aromatic N) is 2. The number of hydrogen-bond donors (Lipinski definition) is 0.